The van der Waals surface area contributed by atoms with Crippen LogP contribution in [0.15, 0.2) is 59.0 Å². The van der Waals surface area contributed by atoms with Crippen LogP contribution in [-0.2, 0) is 0 Å². The van der Waals surface area contributed by atoms with Gasteiger partial charge in [-0.15, -0.1) is 0 Å². The average Bonchev–Trinajstić information content (AvgIpc) is 3.03. The summed E-state index contributed by atoms with van der Waals surface area (Å²) in [5, 5.41) is 1.42. The number of anilines is 1. The minimum atomic E-state index is -0.0381. The van der Waals surface area contributed by atoms with E-state index in [2.05, 4.69) is 0 Å². The van der Waals surface area contributed by atoms with E-state index in [0.717, 1.165) is 27.6 Å². The molecule has 0 amide bonds. The number of hydrogen-bond donors (Lipinski definition) is 1. The lowest BCUT2D eigenvalue weighted by Gasteiger charge is -2.11. The van der Waals surface area contributed by atoms with Crippen molar-refractivity contribution in [3.05, 3.63) is 70.9 Å². The van der Waals surface area contributed by atoms with Crippen molar-refractivity contribution >= 4 is 34.2 Å². The van der Waals surface area contributed by atoms with Crippen molar-refractivity contribution in [3.63, 3.8) is 0 Å². The minimum absolute atomic E-state index is 0.0381. The summed E-state index contributed by atoms with van der Waals surface area (Å²) in [7, 11) is 0. The van der Waals surface area contributed by atoms with Crippen LogP contribution in [0.25, 0.3) is 33.5 Å². The largest absolute Gasteiger partial charge is 0.434 e. The first kappa shape index (κ1) is 18.3. The van der Waals surface area contributed by atoms with Gasteiger partial charge < -0.3 is 10.2 Å². The summed E-state index contributed by atoms with van der Waals surface area (Å²) in [5.41, 5.74) is 11.1. The van der Waals surface area contributed by atoms with Crippen LogP contribution in [0.1, 0.15) is 29.5 Å². The first-order chi connectivity index (χ1) is 13.5. The highest BCUT2D eigenvalue weighted by molar-refractivity contribution is 6.33. The maximum atomic E-state index is 12.2. The number of nitrogens with two attached hydrogens (primary N) is 1. The summed E-state index contributed by atoms with van der Waals surface area (Å²) in [4.78, 5) is 17.0. The molecule has 5 heteroatoms. The molecule has 2 aromatic carbocycles. The van der Waals surface area contributed by atoms with Crippen LogP contribution >= 0.6 is 11.6 Å². The van der Waals surface area contributed by atoms with E-state index in [9.17, 15) is 4.79 Å². The molecule has 0 atom stereocenters. The Morgan fingerprint density at radius 1 is 1.11 bits per heavy atom. The van der Waals surface area contributed by atoms with Gasteiger partial charge in [-0.3, -0.25) is 4.79 Å². The Kier molecular flexibility index (Phi) is 4.65. The number of fused-ring (bicyclic) bond motifs is 1. The SMILES string of the molecule is CCC(=O)c1oc2nc(-c3ccccc3Cl)c(-c3ccc(N)cc3)cc2c1C. The molecular weight excluding hydrogens is 372 g/mol. The fraction of sp³-hybridized carbons (Fsp3) is 0.130. The van der Waals surface area contributed by atoms with Crippen molar-refractivity contribution in [2.24, 2.45) is 0 Å². The second-order valence-corrected chi connectivity index (χ2v) is 7.08. The third kappa shape index (κ3) is 3.06. The normalized spacial score (nSPS) is 11.1. The number of aromatic nitrogens is 1. The Morgan fingerprint density at radius 3 is 2.50 bits per heavy atom. The van der Waals surface area contributed by atoms with Crippen molar-refractivity contribution in [2.75, 3.05) is 5.73 Å². The van der Waals surface area contributed by atoms with E-state index in [1.165, 1.54) is 0 Å². The highest BCUT2D eigenvalue weighted by Crippen LogP contribution is 2.38. The highest BCUT2D eigenvalue weighted by Gasteiger charge is 2.21. The van der Waals surface area contributed by atoms with Crippen LogP contribution in [0.5, 0.6) is 0 Å². The van der Waals surface area contributed by atoms with E-state index in [0.29, 0.717) is 34.3 Å². The van der Waals surface area contributed by atoms with Gasteiger partial charge in [-0.05, 0) is 36.8 Å². The number of aryl methyl sites for hydroxylation is 1. The number of furan rings is 1. The number of pyridine rings is 1. The van der Waals surface area contributed by atoms with E-state index in [1.54, 1.807) is 0 Å². The average molecular weight is 391 g/mol. The summed E-state index contributed by atoms with van der Waals surface area (Å²) < 4.78 is 5.84. The monoisotopic (exact) mass is 390 g/mol. The van der Waals surface area contributed by atoms with Crippen LogP contribution < -0.4 is 5.73 Å². The zero-order valence-electron chi connectivity index (χ0n) is 15.6. The van der Waals surface area contributed by atoms with Gasteiger partial charge in [0.2, 0.25) is 5.71 Å². The van der Waals surface area contributed by atoms with Crippen LogP contribution in [-0.4, -0.2) is 10.8 Å². The number of nitrogens with zero attached hydrogens (tertiary/aromatic N) is 1. The molecule has 0 aliphatic heterocycles. The molecule has 28 heavy (non-hydrogen) atoms. The molecular formula is C23H19ClN2O2. The summed E-state index contributed by atoms with van der Waals surface area (Å²) in [6.45, 7) is 3.70. The maximum absolute atomic E-state index is 12.2. The number of carbonyl (C=O) groups excluding carboxylic acids is 1. The van der Waals surface area contributed by atoms with Crippen LogP contribution in [0.4, 0.5) is 5.69 Å². The van der Waals surface area contributed by atoms with Crippen LogP contribution in [0, 0.1) is 6.92 Å². The van der Waals surface area contributed by atoms with Gasteiger partial charge in [0.15, 0.2) is 11.5 Å². The Bertz CT molecular complexity index is 1190. The standard InChI is InChI=1S/C23H19ClN2O2/c1-3-20(27)22-13(2)17-12-18(14-8-10-15(25)11-9-14)21(26-23(17)28-22)16-6-4-5-7-19(16)24/h4-12H,3,25H2,1-2H3. The smallest absolute Gasteiger partial charge is 0.227 e. The van der Waals surface area contributed by atoms with Crippen molar-refractivity contribution in [1.29, 1.82) is 0 Å². The lowest BCUT2D eigenvalue weighted by atomic mass is 9.97. The second kappa shape index (κ2) is 7.13. The molecule has 4 rings (SSSR count). The van der Waals surface area contributed by atoms with Gasteiger partial charge in [-0.25, -0.2) is 4.98 Å². The van der Waals surface area contributed by atoms with Crippen LogP contribution in [0.3, 0.4) is 0 Å². The molecule has 0 bridgehead atoms. The number of nitrogen functional groups attached to an aromatic ring is 1. The third-order valence-electron chi connectivity index (χ3n) is 4.86. The van der Waals surface area contributed by atoms with Gasteiger partial charge in [-0.2, -0.15) is 0 Å². The predicted octanol–water partition coefficient (Wildman–Crippen LogP) is 6.30. The van der Waals surface area contributed by atoms with Gasteiger partial charge in [0.25, 0.3) is 0 Å². The predicted molar refractivity (Wildman–Crippen MR) is 114 cm³/mol. The summed E-state index contributed by atoms with van der Waals surface area (Å²) in [5.74, 6) is 0.327. The summed E-state index contributed by atoms with van der Waals surface area (Å²) in [6.07, 6.45) is 0.378. The summed E-state index contributed by atoms with van der Waals surface area (Å²) in [6, 6.07) is 17.2. The number of halogens is 1. The number of hydrogen-bond acceptors (Lipinski definition) is 4. The van der Waals surface area contributed by atoms with Crippen molar-refractivity contribution in [1.82, 2.24) is 4.98 Å². The Hall–Kier alpha value is -3.11. The van der Waals surface area contributed by atoms with E-state index in [4.69, 9.17) is 26.7 Å². The quantitative estimate of drug-likeness (QED) is 0.328. The van der Waals surface area contributed by atoms with Crippen molar-refractivity contribution in [3.8, 4) is 22.4 Å². The van der Waals surface area contributed by atoms with Crippen LogP contribution in [0.2, 0.25) is 5.02 Å². The fourth-order valence-corrected chi connectivity index (χ4v) is 3.53. The molecule has 0 spiro atoms. The van der Waals surface area contributed by atoms with Crippen molar-refractivity contribution < 1.29 is 9.21 Å². The molecule has 0 aliphatic carbocycles. The first-order valence-corrected chi connectivity index (χ1v) is 9.45. The molecule has 0 aliphatic rings. The maximum Gasteiger partial charge on any atom is 0.227 e. The Morgan fingerprint density at radius 2 is 1.82 bits per heavy atom. The molecule has 2 heterocycles. The van der Waals surface area contributed by atoms with E-state index in [-0.39, 0.29) is 5.78 Å². The van der Waals surface area contributed by atoms with Gasteiger partial charge in [0.1, 0.15) is 0 Å². The molecule has 0 saturated heterocycles. The fourth-order valence-electron chi connectivity index (χ4n) is 3.31. The molecule has 0 fully saturated rings. The van der Waals surface area contributed by atoms with Gasteiger partial charge in [0.05, 0.1) is 5.69 Å². The summed E-state index contributed by atoms with van der Waals surface area (Å²) >= 11 is 6.46. The number of carbonyl (C=O) groups is 1. The number of Topliss-reactive ketones (excluding diaryl/α,β-unsaturated/α-hetero) is 1. The zero-order chi connectivity index (χ0) is 19.8. The van der Waals surface area contributed by atoms with E-state index in [1.807, 2.05) is 68.4 Å². The van der Waals surface area contributed by atoms with Crippen molar-refractivity contribution in [2.45, 2.75) is 20.3 Å². The lowest BCUT2D eigenvalue weighted by Crippen LogP contribution is -1.95. The first-order valence-electron chi connectivity index (χ1n) is 9.07. The minimum Gasteiger partial charge on any atom is -0.434 e. The molecule has 2 aromatic heterocycles. The molecule has 0 radical (unpaired) electrons. The molecule has 4 nitrogen and oxygen atoms in total. The van der Waals surface area contributed by atoms with Gasteiger partial charge in [0, 0.05) is 39.2 Å². The van der Waals surface area contributed by atoms with E-state index >= 15 is 0 Å². The second-order valence-electron chi connectivity index (χ2n) is 6.67. The number of ketones is 1. The topological polar surface area (TPSA) is 69.1 Å². The zero-order valence-corrected chi connectivity index (χ0v) is 16.4. The lowest BCUT2D eigenvalue weighted by molar-refractivity contribution is 0.0962. The Balaban J connectivity index is 2.05. The molecule has 4 aromatic rings. The van der Waals surface area contributed by atoms with E-state index < -0.39 is 0 Å². The third-order valence-corrected chi connectivity index (χ3v) is 5.19. The Labute approximate surface area is 168 Å². The van der Waals surface area contributed by atoms with Gasteiger partial charge >= 0.3 is 0 Å². The molecule has 0 saturated carbocycles. The number of rotatable bonds is 4. The number of benzene rings is 2. The molecule has 2 N–H and O–H groups in total. The van der Waals surface area contributed by atoms with Gasteiger partial charge in [-0.1, -0.05) is 48.9 Å². The highest BCUT2D eigenvalue weighted by atomic mass is 35.5. The molecule has 140 valence electrons. The molecule has 0 unspecified atom stereocenters.